The summed E-state index contributed by atoms with van der Waals surface area (Å²) < 4.78 is 0. The molecule has 4 nitrogen and oxygen atoms in total. The van der Waals surface area contributed by atoms with Gasteiger partial charge in [-0.2, -0.15) is 0 Å². The third kappa shape index (κ3) is 3.51. The second-order valence-electron chi connectivity index (χ2n) is 5.46. The Bertz CT molecular complexity index is 440. The highest BCUT2D eigenvalue weighted by molar-refractivity contribution is 5.97. The summed E-state index contributed by atoms with van der Waals surface area (Å²) in [5, 5.41) is 9.26. The summed E-state index contributed by atoms with van der Waals surface area (Å²) in [5.41, 5.74) is 7.28. The highest BCUT2D eigenvalue weighted by Crippen LogP contribution is 2.29. The second kappa shape index (κ2) is 7.29. The first-order chi connectivity index (χ1) is 9.74. The predicted molar refractivity (Wildman–Crippen MR) is 81.5 cm³/mol. The van der Waals surface area contributed by atoms with E-state index in [1.807, 2.05) is 18.2 Å². The van der Waals surface area contributed by atoms with Gasteiger partial charge < -0.3 is 15.7 Å². The summed E-state index contributed by atoms with van der Waals surface area (Å²) in [5.74, 6) is 0.183. The van der Waals surface area contributed by atoms with E-state index in [2.05, 4.69) is 0 Å². The van der Waals surface area contributed by atoms with Crippen molar-refractivity contribution in [3.05, 3.63) is 24.3 Å². The minimum absolute atomic E-state index is 0.0488. The van der Waals surface area contributed by atoms with Crippen molar-refractivity contribution in [3.63, 3.8) is 0 Å². The fraction of sp³-hybridized carbons (Fsp3) is 0.562. The average molecular weight is 276 g/mol. The summed E-state index contributed by atoms with van der Waals surface area (Å²) in [6.07, 6.45) is 6.58. The Balaban J connectivity index is 2.19. The number of hydrogen-bond acceptors (Lipinski definition) is 3. The van der Waals surface area contributed by atoms with Gasteiger partial charge in [0, 0.05) is 12.5 Å². The van der Waals surface area contributed by atoms with Crippen LogP contribution in [0.4, 0.5) is 11.4 Å². The average Bonchev–Trinajstić information content (AvgIpc) is 2.74. The Hall–Kier alpha value is -1.55. The van der Waals surface area contributed by atoms with E-state index in [4.69, 9.17) is 5.73 Å². The minimum Gasteiger partial charge on any atom is -0.397 e. The largest absolute Gasteiger partial charge is 0.397 e. The first-order valence-corrected chi connectivity index (χ1v) is 7.50. The lowest BCUT2D eigenvalue weighted by Gasteiger charge is -2.27. The highest BCUT2D eigenvalue weighted by Gasteiger charge is 2.26. The van der Waals surface area contributed by atoms with Crippen LogP contribution >= 0.6 is 0 Å². The SMILES string of the molecule is Nc1ccccc1N(CCO)C(=O)C1CCCCCC1. The van der Waals surface area contributed by atoms with E-state index in [-0.39, 0.29) is 18.4 Å². The molecule has 1 aliphatic carbocycles. The molecule has 0 radical (unpaired) electrons. The maximum atomic E-state index is 12.8. The van der Waals surface area contributed by atoms with Gasteiger partial charge in [-0.05, 0) is 25.0 Å². The molecule has 3 N–H and O–H groups in total. The number of rotatable bonds is 4. The molecule has 2 rings (SSSR count). The van der Waals surface area contributed by atoms with E-state index in [0.717, 1.165) is 31.4 Å². The van der Waals surface area contributed by atoms with Gasteiger partial charge in [-0.1, -0.05) is 37.8 Å². The molecule has 1 fully saturated rings. The number of carbonyl (C=O) groups is 1. The van der Waals surface area contributed by atoms with Crippen LogP contribution in [0.3, 0.4) is 0 Å². The molecule has 4 heteroatoms. The summed E-state index contributed by atoms with van der Waals surface area (Å²) in [4.78, 5) is 14.4. The molecule has 110 valence electrons. The summed E-state index contributed by atoms with van der Waals surface area (Å²) >= 11 is 0. The zero-order chi connectivity index (χ0) is 14.4. The third-order valence-electron chi connectivity index (χ3n) is 4.02. The molecule has 0 atom stereocenters. The second-order valence-corrected chi connectivity index (χ2v) is 5.46. The third-order valence-corrected chi connectivity index (χ3v) is 4.02. The quantitative estimate of drug-likeness (QED) is 0.656. The first-order valence-electron chi connectivity index (χ1n) is 7.50. The molecule has 0 saturated heterocycles. The zero-order valence-corrected chi connectivity index (χ0v) is 11.9. The molecule has 1 amide bonds. The van der Waals surface area contributed by atoms with Crippen molar-refractivity contribution >= 4 is 17.3 Å². The maximum Gasteiger partial charge on any atom is 0.230 e. The van der Waals surface area contributed by atoms with E-state index >= 15 is 0 Å². The van der Waals surface area contributed by atoms with Crippen molar-refractivity contribution < 1.29 is 9.90 Å². The number of nitrogen functional groups attached to an aromatic ring is 1. The van der Waals surface area contributed by atoms with Crippen molar-refractivity contribution in [1.82, 2.24) is 0 Å². The van der Waals surface area contributed by atoms with E-state index in [0.29, 0.717) is 12.2 Å². The van der Waals surface area contributed by atoms with Gasteiger partial charge >= 0.3 is 0 Å². The fourth-order valence-electron chi connectivity index (χ4n) is 2.93. The summed E-state index contributed by atoms with van der Waals surface area (Å²) in [7, 11) is 0. The Morgan fingerprint density at radius 3 is 2.45 bits per heavy atom. The fourth-order valence-corrected chi connectivity index (χ4v) is 2.93. The smallest absolute Gasteiger partial charge is 0.230 e. The Morgan fingerprint density at radius 1 is 1.20 bits per heavy atom. The van der Waals surface area contributed by atoms with Gasteiger partial charge in [0.1, 0.15) is 0 Å². The lowest BCUT2D eigenvalue weighted by atomic mass is 9.98. The van der Waals surface area contributed by atoms with Crippen LogP contribution in [0.15, 0.2) is 24.3 Å². The number of carbonyl (C=O) groups excluding carboxylic acids is 1. The molecular formula is C16H24N2O2. The molecule has 0 spiro atoms. The van der Waals surface area contributed by atoms with E-state index in [1.54, 1.807) is 11.0 Å². The molecule has 0 bridgehead atoms. The van der Waals surface area contributed by atoms with Gasteiger partial charge in [-0.25, -0.2) is 0 Å². The number of amides is 1. The van der Waals surface area contributed by atoms with Crippen LogP contribution in [0.2, 0.25) is 0 Å². The predicted octanol–water partition coefficient (Wildman–Crippen LogP) is 2.56. The Kier molecular flexibility index (Phi) is 5.41. The number of nitrogens with two attached hydrogens (primary N) is 1. The molecule has 1 saturated carbocycles. The van der Waals surface area contributed by atoms with E-state index in [9.17, 15) is 9.90 Å². The number of aliphatic hydroxyl groups excluding tert-OH is 1. The number of anilines is 2. The monoisotopic (exact) mass is 276 g/mol. The van der Waals surface area contributed by atoms with Crippen LogP contribution in [-0.4, -0.2) is 24.2 Å². The molecule has 0 unspecified atom stereocenters. The Morgan fingerprint density at radius 2 is 1.85 bits per heavy atom. The van der Waals surface area contributed by atoms with Crippen LogP contribution in [-0.2, 0) is 4.79 Å². The maximum absolute atomic E-state index is 12.8. The van der Waals surface area contributed by atoms with Crippen molar-refractivity contribution in [1.29, 1.82) is 0 Å². The molecule has 1 aromatic carbocycles. The van der Waals surface area contributed by atoms with Crippen LogP contribution in [0.5, 0.6) is 0 Å². The normalized spacial score (nSPS) is 16.6. The van der Waals surface area contributed by atoms with Gasteiger partial charge in [-0.3, -0.25) is 4.79 Å². The summed E-state index contributed by atoms with van der Waals surface area (Å²) in [6, 6.07) is 7.36. The highest BCUT2D eigenvalue weighted by atomic mass is 16.3. The first kappa shape index (κ1) is 14.9. The van der Waals surface area contributed by atoms with Crippen LogP contribution in [0.25, 0.3) is 0 Å². The molecule has 0 aliphatic heterocycles. The van der Waals surface area contributed by atoms with Crippen molar-refractivity contribution in [2.45, 2.75) is 38.5 Å². The van der Waals surface area contributed by atoms with E-state index < -0.39 is 0 Å². The summed E-state index contributed by atoms with van der Waals surface area (Å²) in [6.45, 7) is 0.260. The number of para-hydroxylation sites is 2. The van der Waals surface area contributed by atoms with Crippen LogP contribution in [0, 0.1) is 5.92 Å². The number of nitrogens with zero attached hydrogens (tertiary/aromatic N) is 1. The van der Waals surface area contributed by atoms with Crippen LogP contribution < -0.4 is 10.6 Å². The van der Waals surface area contributed by atoms with Crippen molar-refractivity contribution in [3.8, 4) is 0 Å². The van der Waals surface area contributed by atoms with Gasteiger partial charge in [0.2, 0.25) is 5.91 Å². The standard InChI is InChI=1S/C16H24N2O2/c17-14-9-5-6-10-15(14)18(11-12-19)16(20)13-7-3-1-2-4-8-13/h5-6,9-10,13,19H,1-4,7-8,11-12,17H2. The molecular weight excluding hydrogens is 252 g/mol. The van der Waals surface area contributed by atoms with Crippen molar-refractivity contribution in [2.24, 2.45) is 5.92 Å². The van der Waals surface area contributed by atoms with Crippen molar-refractivity contribution in [2.75, 3.05) is 23.8 Å². The number of benzene rings is 1. The molecule has 20 heavy (non-hydrogen) atoms. The van der Waals surface area contributed by atoms with E-state index in [1.165, 1.54) is 12.8 Å². The van der Waals surface area contributed by atoms with Gasteiger partial charge in [-0.15, -0.1) is 0 Å². The van der Waals surface area contributed by atoms with Gasteiger partial charge in [0.15, 0.2) is 0 Å². The molecule has 0 heterocycles. The molecule has 0 aromatic heterocycles. The molecule has 1 aromatic rings. The lowest BCUT2D eigenvalue weighted by Crippen LogP contribution is -2.38. The van der Waals surface area contributed by atoms with Gasteiger partial charge in [0.25, 0.3) is 0 Å². The Labute approximate surface area is 120 Å². The lowest BCUT2D eigenvalue weighted by molar-refractivity contribution is -0.122. The topological polar surface area (TPSA) is 66.6 Å². The van der Waals surface area contributed by atoms with Gasteiger partial charge in [0.05, 0.1) is 18.0 Å². The van der Waals surface area contributed by atoms with Crippen LogP contribution in [0.1, 0.15) is 38.5 Å². The zero-order valence-electron chi connectivity index (χ0n) is 11.9. The molecule has 1 aliphatic rings. The number of hydrogen-bond donors (Lipinski definition) is 2. The number of aliphatic hydroxyl groups is 1. The minimum atomic E-state index is -0.0488.